The molecule has 0 bridgehead atoms. The topological polar surface area (TPSA) is 78.4 Å². The lowest BCUT2D eigenvalue weighted by atomic mass is 10.1. The number of urea groups is 1. The van der Waals surface area contributed by atoms with Gasteiger partial charge in [-0.25, -0.2) is 4.79 Å². The van der Waals surface area contributed by atoms with Crippen LogP contribution in [0.25, 0.3) is 0 Å². The van der Waals surface area contributed by atoms with Crippen LogP contribution in [-0.2, 0) is 17.6 Å². The first-order valence-corrected chi connectivity index (χ1v) is 7.54. The van der Waals surface area contributed by atoms with Gasteiger partial charge in [0.2, 0.25) is 0 Å². The number of amides is 2. The molecule has 5 nitrogen and oxygen atoms in total. The Balaban J connectivity index is 1.54. The fourth-order valence-corrected chi connectivity index (χ4v) is 3.34. The molecule has 0 radical (unpaired) electrons. The van der Waals surface area contributed by atoms with Gasteiger partial charge < -0.3 is 15.7 Å². The van der Waals surface area contributed by atoms with Gasteiger partial charge in [0, 0.05) is 11.7 Å². The molecular formula is C16H20N2O3. The van der Waals surface area contributed by atoms with E-state index in [0.29, 0.717) is 12.8 Å². The molecule has 1 fully saturated rings. The Morgan fingerprint density at radius 2 is 1.95 bits per heavy atom. The largest absolute Gasteiger partial charge is 0.481 e. The first-order valence-electron chi connectivity index (χ1n) is 7.54. The number of aryl methyl sites for hydroxylation is 2. The summed E-state index contributed by atoms with van der Waals surface area (Å²) in [6.07, 6.45) is 5.28. The molecule has 5 heteroatoms. The second-order valence-electron chi connectivity index (χ2n) is 5.98. The first-order chi connectivity index (χ1) is 10.1. The van der Waals surface area contributed by atoms with E-state index in [1.807, 2.05) is 12.1 Å². The SMILES string of the molecule is O=C(Nc1ccc2c(c1)CCC2)N[C@H]1CC[C@@H](C(=O)O)C1. The second kappa shape index (κ2) is 5.76. The van der Waals surface area contributed by atoms with E-state index >= 15 is 0 Å². The van der Waals surface area contributed by atoms with Crippen LogP contribution in [0.2, 0.25) is 0 Å². The van der Waals surface area contributed by atoms with Gasteiger partial charge in [0.25, 0.3) is 0 Å². The van der Waals surface area contributed by atoms with Crippen LogP contribution in [0.1, 0.15) is 36.8 Å². The summed E-state index contributed by atoms with van der Waals surface area (Å²) in [6.45, 7) is 0. The van der Waals surface area contributed by atoms with E-state index in [9.17, 15) is 9.59 Å². The maximum Gasteiger partial charge on any atom is 0.319 e. The van der Waals surface area contributed by atoms with Crippen LogP contribution in [0.5, 0.6) is 0 Å². The van der Waals surface area contributed by atoms with Crippen molar-refractivity contribution in [2.75, 3.05) is 5.32 Å². The molecule has 2 atom stereocenters. The Hall–Kier alpha value is -2.04. The van der Waals surface area contributed by atoms with Gasteiger partial charge >= 0.3 is 12.0 Å². The Morgan fingerprint density at radius 3 is 2.71 bits per heavy atom. The average molecular weight is 288 g/mol. The van der Waals surface area contributed by atoms with Crippen molar-refractivity contribution in [3.8, 4) is 0 Å². The molecule has 0 spiro atoms. The fraction of sp³-hybridized carbons (Fsp3) is 0.500. The van der Waals surface area contributed by atoms with Crippen LogP contribution in [0.4, 0.5) is 10.5 Å². The minimum Gasteiger partial charge on any atom is -0.481 e. The Kier molecular flexibility index (Phi) is 3.82. The predicted octanol–water partition coefficient (Wildman–Crippen LogP) is 2.55. The van der Waals surface area contributed by atoms with Crippen molar-refractivity contribution >= 4 is 17.7 Å². The lowest BCUT2D eigenvalue weighted by Gasteiger charge is -2.14. The number of hydrogen-bond donors (Lipinski definition) is 3. The van der Waals surface area contributed by atoms with Gasteiger partial charge in [-0.15, -0.1) is 0 Å². The second-order valence-corrected chi connectivity index (χ2v) is 5.98. The summed E-state index contributed by atoms with van der Waals surface area (Å²) in [5.41, 5.74) is 3.50. The van der Waals surface area contributed by atoms with Gasteiger partial charge in [0.15, 0.2) is 0 Å². The number of carboxylic acid groups (broad SMARTS) is 1. The average Bonchev–Trinajstić information content (AvgIpc) is 3.06. The number of carboxylic acids is 1. The third-order valence-corrected chi connectivity index (χ3v) is 4.47. The van der Waals surface area contributed by atoms with Crippen molar-refractivity contribution in [2.24, 2.45) is 5.92 Å². The molecule has 0 heterocycles. The van der Waals surface area contributed by atoms with Crippen LogP contribution in [0, 0.1) is 5.92 Å². The lowest BCUT2D eigenvalue weighted by Crippen LogP contribution is -2.36. The van der Waals surface area contributed by atoms with Gasteiger partial charge in [-0.1, -0.05) is 6.07 Å². The van der Waals surface area contributed by atoms with E-state index in [4.69, 9.17) is 5.11 Å². The van der Waals surface area contributed by atoms with Crippen molar-refractivity contribution in [2.45, 2.75) is 44.6 Å². The highest BCUT2D eigenvalue weighted by Crippen LogP contribution is 2.26. The number of carbonyl (C=O) groups excluding carboxylic acids is 1. The van der Waals surface area contributed by atoms with E-state index in [1.54, 1.807) is 0 Å². The van der Waals surface area contributed by atoms with Crippen LogP contribution < -0.4 is 10.6 Å². The summed E-state index contributed by atoms with van der Waals surface area (Å²) in [7, 11) is 0. The molecule has 0 aliphatic heterocycles. The quantitative estimate of drug-likeness (QED) is 0.799. The lowest BCUT2D eigenvalue weighted by molar-refractivity contribution is -0.141. The summed E-state index contributed by atoms with van der Waals surface area (Å²) >= 11 is 0. The summed E-state index contributed by atoms with van der Waals surface area (Å²) < 4.78 is 0. The molecule has 112 valence electrons. The van der Waals surface area contributed by atoms with Gasteiger partial charge in [-0.3, -0.25) is 4.79 Å². The zero-order chi connectivity index (χ0) is 14.8. The van der Waals surface area contributed by atoms with E-state index in [-0.39, 0.29) is 18.0 Å². The van der Waals surface area contributed by atoms with Crippen molar-refractivity contribution in [1.82, 2.24) is 5.32 Å². The van der Waals surface area contributed by atoms with Crippen LogP contribution in [0.15, 0.2) is 18.2 Å². The molecule has 3 rings (SSSR count). The van der Waals surface area contributed by atoms with Gasteiger partial charge in [-0.2, -0.15) is 0 Å². The van der Waals surface area contributed by atoms with Gasteiger partial charge in [0.05, 0.1) is 5.92 Å². The van der Waals surface area contributed by atoms with Gasteiger partial charge in [0.1, 0.15) is 0 Å². The van der Waals surface area contributed by atoms with E-state index in [2.05, 4.69) is 16.7 Å². The molecule has 1 saturated carbocycles. The zero-order valence-electron chi connectivity index (χ0n) is 11.9. The molecule has 1 aromatic rings. The number of fused-ring (bicyclic) bond motifs is 1. The molecule has 0 unspecified atom stereocenters. The van der Waals surface area contributed by atoms with E-state index < -0.39 is 5.97 Å². The normalized spacial score (nSPS) is 23.6. The summed E-state index contributed by atoms with van der Waals surface area (Å²) in [5.74, 6) is -1.09. The van der Waals surface area contributed by atoms with Crippen LogP contribution in [0.3, 0.4) is 0 Å². The molecule has 2 amide bonds. The van der Waals surface area contributed by atoms with Crippen molar-refractivity contribution in [3.63, 3.8) is 0 Å². The van der Waals surface area contributed by atoms with Crippen LogP contribution >= 0.6 is 0 Å². The minimum absolute atomic E-state index is 0.0412. The highest BCUT2D eigenvalue weighted by atomic mass is 16.4. The Morgan fingerprint density at radius 1 is 1.14 bits per heavy atom. The smallest absolute Gasteiger partial charge is 0.319 e. The van der Waals surface area contributed by atoms with Crippen molar-refractivity contribution < 1.29 is 14.7 Å². The van der Waals surface area contributed by atoms with Gasteiger partial charge in [-0.05, 0) is 61.8 Å². The number of nitrogens with one attached hydrogen (secondary N) is 2. The Bertz CT molecular complexity index is 571. The number of anilines is 1. The standard InChI is InChI=1S/C16H20N2O3/c19-15(20)12-5-7-14(9-12)18-16(21)17-13-6-4-10-2-1-3-11(10)8-13/h4,6,8,12,14H,1-3,5,7,9H2,(H,19,20)(H2,17,18,21)/t12-,14+/m1/s1. The minimum atomic E-state index is -0.765. The zero-order valence-corrected chi connectivity index (χ0v) is 11.9. The summed E-state index contributed by atoms with van der Waals surface area (Å²) in [6, 6.07) is 5.76. The predicted molar refractivity (Wildman–Crippen MR) is 79.4 cm³/mol. The first kappa shape index (κ1) is 13.9. The number of aliphatic carboxylic acids is 1. The third-order valence-electron chi connectivity index (χ3n) is 4.47. The number of benzene rings is 1. The number of hydrogen-bond acceptors (Lipinski definition) is 2. The molecule has 2 aliphatic rings. The number of carbonyl (C=O) groups is 2. The van der Waals surface area contributed by atoms with E-state index in [0.717, 1.165) is 24.9 Å². The molecule has 2 aliphatic carbocycles. The third kappa shape index (κ3) is 3.17. The highest BCUT2D eigenvalue weighted by Gasteiger charge is 2.30. The Labute approximate surface area is 123 Å². The fourth-order valence-electron chi connectivity index (χ4n) is 3.34. The highest BCUT2D eigenvalue weighted by molar-refractivity contribution is 5.89. The maximum absolute atomic E-state index is 12.0. The molecule has 1 aromatic carbocycles. The monoisotopic (exact) mass is 288 g/mol. The summed E-state index contributed by atoms with van der Waals surface area (Å²) in [5, 5.41) is 14.7. The maximum atomic E-state index is 12.0. The molecule has 0 saturated heterocycles. The number of rotatable bonds is 3. The van der Waals surface area contributed by atoms with Crippen LogP contribution in [-0.4, -0.2) is 23.1 Å². The molecule has 0 aromatic heterocycles. The molecule has 3 N–H and O–H groups in total. The summed E-state index contributed by atoms with van der Waals surface area (Å²) in [4.78, 5) is 22.9. The van der Waals surface area contributed by atoms with Crippen molar-refractivity contribution in [1.29, 1.82) is 0 Å². The van der Waals surface area contributed by atoms with Crippen molar-refractivity contribution in [3.05, 3.63) is 29.3 Å². The molecular weight excluding hydrogens is 268 g/mol. The molecule has 21 heavy (non-hydrogen) atoms. The van der Waals surface area contributed by atoms with E-state index in [1.165, 1.54) is 17.5 Å².